The van der Waals surface area contributed by atoms with Crippen LogP contribution in [0.15, 0.2) is 36.4 Å². The van der Waals surface area contributed by atoms with Crippen LogP contribution in [0, 0.1) is 0 Å². The summed E-state index contributed by atoms with van der Waals surface area (Å²) in [5.74, 6) is 0.704. The largest absolute Gasteiger partial charge is 0.547 e. The number of carbonyl (C=O) groups is 3. The second-order valence-corrected chi connectivity index (χ2v) is 19.5. The molecule has 0 aliphatic carbocycles. The van der Waals surface area contributed by atoms with E-state index in [2.05, 4.69) is 109 Å². The number of carbonyl (C=O) groups excluding carboxylic acids is 3. The molecule has 4 atom stereocenters. The maximum Gasteiger partial charge on any atom is 0.547 e. The number of benzene rings is 2. The van der Waals surface area contributed by atoms with Gasteiger partial charge in [0.2, 0.25) is 0 Å². The molecule has 58 heavy (non-hydrogen) atoms. The number of alkyl halides is 2. The van der Waals surface area contributed by atoms with E-state index in [0.717, 1.165) is 75.3 Å². The second-order valence-electron chi connectivity index (χ2n) is 16.9. The molecule has 2 amide bonds. The Bertz CT molecular complexity index is 1430. The monoisotopic (exact) mass is 938 g/mol. The highest BCUT2D eigenvalue weighted by Crippen LogP contribution is 2.36. The van der Waals surface area contributed by atoms with Gasteiger partial charge in [0, 0.05) is 31.9 Å². The summed E-state index contributed by atoms with van der Waals surface area (Å²) in [6.07, 6.45) is 7.79. The van der Waals surface area contributed by atoms with E-state index in [-0.39, 0.29) is 11.8 Å². The van der Waals surface area contributed by atoms with Crippen LogP contribution >= 0.6 is 31.9 Å². The number of unbranched alkanes of at least 4 members (excludes halogenated alkanes) is 2. The van der Waals surface area contributed by atoms with Gasteiger partial charge in [0.15, 0.2) is 0 Å². The SMILES string of the molecule is CCCCC(NOC(=O)ONC(CCCC)NC(=O)c1cccc(OCCC(Br)CCC)c1C(C)(C)C)NC(=O)c1cccc(OCCC(Br)CCC)c1C(C)(C)C. The highest BCUT2D eigenvalue weighted by molar-refractivity contribution is 9.09. The smallest absolute Gasteiger partial charge is 0.493 e. The summed E-state index contributed by atoms with van der Waals surface area (Å²) >= 11 is 7.45. The molecule has 0 saturated heterocycles. The topological polar surface area (TPSA) is 136 Å². The third kappa shape index (κ3) is 18.2. The van der Waals surface area contributed by atoms with Crippen LogP contribution in [-0.4, -0.2) is 53.2 Å². The van der Waals surface area contributed by atoms with Crippen LogP contribution in [0.25, 0.3) is 0 Å². The molecule has 328 valence electrons. The number of nitrogens with one attached hydrogen (secondary N) is 4. The summed E-state index contributed by atoms with van der Waals surface area (Å²) < 4.78 is 12.5. The number of rotatable bonds is 26. The van der Waals surface area contributed by atoms with Gasteiger partial charge in [0.1, 0.15) is 23.8 Å². The number of ether oxygens (including phenoxy) is 2. The second kappa shape index (κ2) is 26.4. The van der Waals surface area contributed by atoms with Gasteiger partial charge in [-0.2, -0.15) is 4.79 Å². The third-order valence-corrected chi connectivity index (χ3v) is 11.3. The van der Waals surface area contributed by atoms with E-state index in [1.165, 1.54) is 0 Å². The minimum atomic E-state index is -1.07. The number of hydrogen-bond acceptors (Lipinski definition) is 9. The molecule has 0 aliphatic heterocycles. The van der Waals surface area contributed by atoms with Crippen molar-refractivity contribution < 1.29 is 33.5 Å². The molecule has 0 heterocycles. The van der Waals surface area contributed by atoms with Crippen LogP contribution < -0.4 is 31.1 Å². The first-order valence-electron chi connectivity index (χ1n) is 21.3. The molecule has 4 unspecified atom stereocenters. The highest BCUT2D eigenvalue weighted by atomic mass is 79.9. The number of halogens is 2. The minimum absolute atomic E-state index is 0.321. The summed E-state index contributed by atoms with van der Waals surface area (Å²) in [5, 5.41) is 6.00. The van der Waals surface area contributed by atoms with Crippen molar-refractivity contribution in [3.8, 4) is 11.5 Å². The molecule has 0 saturated carbocycles. The molecule has 0 spiro atoms. The van der Waals surface area contributed by atoms with Gasteiger partial charge in [0.25, 0.3) is 11.8 Å². The van der Waals surface area contributed by atoms with Gasteiger partial charge in [-0.25, -0.2) is 0 Å². The molecule has 2 aromatic rings. The molecule has 0 fully saturated rings. The average Bonchev–Trinajstić information content (AvgIpc) is 3.15. The summed E-state index contributed by atoms with van der Waals surface area (Å²) in [7, 11) is 0. The Morgan fingerprint density at radius 1 is 0.569 bits per heavy atom. The van der Waals surface area contributed by atoms with E-state index in [1.807, 2.05) is 38.1 Å². The molecule has 13 heteroatoms. The molecule has 2 aromatic carbocycles. The predicted octanol–water partition coefficient (Wildman–Crippen LogP) is 11.3. The molecule has 4 N–H and O–H groups in total. The van der Waals surface area contributed by atoms with Crippen molar-refractivity contribution in [2.45, 2.75) is 179 Å². The van der Waals surface area contributed by atoms with Gasteiger partial charge in [-0.15, -0.1) is 11.0 Å². The number of hydrogen-bond donors (Lipinski definition) is 4. The molecule has 2 rings (SSSR count). The van der Waals surface area contributed by atoms with Gasteiger partial charge in [0.05, 0.1) is 13.2 Å². The molecule has 0 aliphatic rings. The zero-order chi connectivity index (χ0) is 43.3. The normalized spacial score (nSPS) is 13.9. The zero-order valence-corrected chi connectivity index (χ0v) is 40.0. The fourth-order valence-corrected chi connectivity index (χ4v) is 7.90. The fraction of sp³-hybridized carbons (Fsp3) is 0.667. The predicted molar refractivity (Wildman–Crippen MR) is 241 cm³/mol. The Morgan fingerprint density at radius 3 is 1.28 bits per heavy atom. The van der Waals surface area contributed by atoms with Crippen molar-refractivity contribution in [1.29, 1.82) is 0 Å². The van der Waals surface area contributed by atoms with Crippen LogP contribution in [0.1, 0.15) is 178 Å². The van der Waals surface area contributed by atoms with Gasteiger partial charge in [-0.1, -0.05) is 152 Å². The fourth-order valence-electron chi connectivity index (χ4n) is 6.61. The molecule has 0 aromatic heterocycles. The maximum absolute atomic E-state index is 13.8. The van der Waals surface area contributed by atoms with E-state index in [4.69, 9.17) is 19.1 Å². The Hall–Kier alpha value is -2.87. The lowest BCUT2D eigenvalue weighted by atomic mass is 9.82. The van der Waals surface area contributed by atoms with Crippen LogP contribution in [0.5, 0.6) is 11.5 Å². The van der Waals surface area contributed by atoms with Gasteiger partial charge < -0.3 is 29.8 Å². The van der Waals surface area contributed by atoms with Crippen molar-refractivity contribution in [2.75, 3.05) is 13.2 Å². The molecular formula is C45H72Br2N4O7. The van der Waals surface area contributed by atoms with E-state index in [1.54, 1.807) is 12.1 Å². The van der Waals surface area contributed by atoms with Crippen molar-refractivity contribution in [2.24, 2.45) is 0 Å². The maximum atomic E-state index is 13.8. The standard InChI is InChI=1S/C45H72Br2N4O7/c1-11-15-25-37(48-41(52)33-21-17-23-35(39(33)44(5,6)7)55-29-27-31(46)19-13-3)50-57-43(54)58-51-38(26-16-12-2)49-42(53)34-22-18-24-36(40(34)45(8,9)10)56-30-28-32(47)20-14-4/h17-18,21-24,31-32,37-38,50-51H,11-16,19-20,25-30H2,1-10H3,(H,48,52)(H,49,53). The van der Waals surface area contributed by atoms with Gasteiger partial charge >= 0.3 is 6.16 Å². The van der Waals surface area contributed by atoms with Crippen LogP contribution in [0.4, 0.5) is 4.79 Å². The first kappa shape index (κ1) is 51.3. The third-order valence-electron chi connectivity index (χ3n) is 9.50. The summed E-state index contributed by atoms with van der Waals surface area (Å²) in [6, 6.07) is 11.0. The average molecular weight is 941 g/mol. The molecule has 11 nitrogen and oxygen atoms in total. The summed E-state index contributed by atoms with van der Waals surface area (Å²) in [6.45, 7) is 21.8. The van der Waals surface area contributed by atoms with E-state index in [9.17, 15) is 14.4 Å². The van der Waals surface area contributed by atoms with E-state index in [0.29, 0.717) is 58.3 Å². The lowest BCUT2D eigenvalue weighted by Gasteiger charge is -2.27. The Morgan fingerprint density at radius 2 is 0.948 bits per heavy atom. The van der Waals surface area contributed by atoms with Gasteiger partial charge in [-0.3, -0.25) is 9.59 Å². The van der Waals surface area contributed by atoms with E-state index >= 15 is 0 Å². The Kier molecular flexibility index (Phi) is 23.3. The first-order valence-corrected chi connectivity index (χ1v) is 23.1. The summed E-state index contributed by atoms with van der Waals surface area (Å²) in [4.78, 5) is 51.9. The molecular weight excluding hydrogens is 868 g/mol. The van der Waals surface area contributed by atoms with Crippen molar-refractivity contribution in [3.05, 3.63) is 58.7 Å². The Balaban J connectivity index is 2.14. The van der Waals surface area contributed by atoms with E-state index < -0.39 is 29.3 Å². The molecule has 0 bridgehead atoms. The highest BCUT2D eigenvalue weighted by Gasteiger charge is 2.29. The van der Waals surface area contributed by atoms with Crippen molar-refractivity contribution in [3.63, 3.8) is 0 Å². The van der Waals surface area contributed by atoms with Crippen LogP contribution in [0.2, 0.25) is 0 Å². The molecule has 0 radical (unpaired) electrons. The first-order chi connectivity index (χ1) is 27.5. The lowest BCUT2D eigenvalue weighted by Crippen LogP contribution is -2.49. The quantitative estimate of drug-likeness (QED) is 0.0413. The zero-order valence-electron chi connectivity index (χ0n) is 36.8. The van der Waals surface area contributed by atoms with Crippen molar-refractivity contribution >= 4 is 49.8 Å². The van der Waals surface area contributed by atoms with Gasteiger partial charge in [-0.05, 0) is 73.6 Å². The summed E-state index contributed by atoms with van der Waals surface area (Å²) in [5.41, 5.74) is 7.19. The van der Waals surface area contributed by atoms with Crippen molar-refractivity contribution in [1.82, 2.24) is 21.6 Å². The number of amides is 2. The van der Waals surface area contributed by atoms with Crippen LogP contribution in [-0.2, 0) is 20.5 Å². The lowest BCUT2D eigenvalue weighted by molar-refractivity contribution is -0.0390. The number of hydroxylamine groups is 2. The Labute approximate surface area is 365 Å². The minimum Gasteiger partial charge on any atom is -0.493 e. The van der Waals surface area contributed by atoms with Crippen LogP contribution in [0.3, 0.4) is 0 Å².